The molecular formula is C8H5NO2S. The van der Waals surface area contributed by atoms with Crippen molar-refractivity contribution in [3.05, 3.63) is 29.7 Å². The van der Waals surface area contributed by atoms with E-state index in [2.05, 4.69) is 4.98 Å². The molecule has 0 aliphatic carbocycles. The van der Waals surface area contributed by atoms with Crippen LogP contribution in [0.4, 0.5) is 0 Å². The highest BCUT2D eigenvalue weighted by molar-refractivity contribution is 7.13. The molecule has 0 aromatic carbocycles. The van der Waals surface area contributed by atoms with Crippen LogP contribution in [0.5, 0.6) is 0 Å². The van der Waals surface area contributed by atoms with Gasteiger partial charge in [0.1, 0.15) is 12.0 Å². The molecule has 0 amide bonds. The summed E-state index contributed by atoms with van der Waals surface area (Å²) in [5.41, 5.74) is 1.45. The Morgan fingerprint density at radius 2 is 2.50 bits per heavy atom. The first kappa shape index (κ1) is 7.24. The van der Waals surface area contributed by atoms with Crippen molar-refractivity contribution in [3.63, 3.8) is 0 Å². The van der Waals surface area contributed by atoms with Crippen molar-refractivity contribution in [1.82, 2.24) is 4.98 Å². The first-order valence-corrected chi connectivity index (χ1v) is 4.20. The molecule has 60 valence electrons. The molecule has 2 aromatic rings. The molecule has 0 bridgehead atoms. The minimum absolute atomic E-state index is 0.679. The molecule has 12 heavy (non-hydrogen) atoms. The third-order valence-electron chi connectivity index (χ3n) is 1.44. The number of oxazole rings is 1. The lowest BCUT2D eigenvalue weighted by Gasteiger charge is -1.82. The van der Waals surface area contributed by atoms with Crippen molar-refractivity contribution in [2.75, 3.05) is 0 Å². The summed E-state index contributed by atoms with van der Waals surface area (Å²) in [6.45, 7) is 0. The Morgan fingerprint density at radius 3 is 3.08 bits per heavy atom. The van der Waals surface area contributed by atoms with Crippen LogP contribution in [-0.2, 0) is 0 Å². The smallest absolute Gasteiger partial charge is 0.181 e. The summed E-state index contributed by atoms with van der Waals surface area (Å²) in [6.07, 6.45) is 3.75. The molecule has 0 aliphatic rings. The molecule has 0 N–H and O–H groups in total. The number of thiophene rings is 1. The Morgan fingerprint density at radius 1 is 1.58 bits per heavy atom. The number of hydrogen-bond acceptors (Lipinski definition) is 4. The van der Waals surface area contributed by atoms with Gasteiger partial charge < -0.3 is 4.42 Å². The van der Waals surface area contributed by atoms with E-state index in [0.717, 1.165) is 16.9 Å². The van der Waals surface area contributed by atoms with Crippen molar-refractivity contribution in [2.45, 2.75) is 0 Å². The standard InChI is InChI=1S/C8H5NO2S/c10-2-6-1-8(12-4-6)7-3-11-5-9-7/h1-5H. The van der Waals surface area contributed by atoms with Crippen molar-refractivity contribution in [3.8, 4) is 10.6 Å². The monoisotopic (exact) mass is 179 g/mol. The third-order valence-corrected chi connectivity index (χ3v) is 2.41. The van der Waals surface area contributed by atoms with Gasteiger partial charge in [-0.25, -0.2) is 4.98 Å². The SMILES string of the molecule is O=Cc1csc(-c2cocn2)c1. The molecule has 0 aliphatic heterocycles. The van der Waals surface area contributed by atoms with E-state index in [-0.39, 0.29) is 0 Å². The molecule has 2 rings (SSSR count). The molecular weight excluding hydrogens is 174 g/mol. The third kappa shape index (κ3) is 1.16. The number of aldehydes is 1. The van der Waals surface area contributed by atoms with Gasteiger partial charge in [0.05, 0.1) is 4.88 Å². The number of nitrogens with zero attached hydrogens (tertiary/aromatic N) is 1. The van der Waals surface area contributed by atoms with E-state index in [1.54, 1.807) is 17.7 Å². The Hall–Kier alpha value is -1.42. The van der Waals surface area contributed by atoms with Gasteiger partial charge in [-0.3, -0.25) is 4.79 Å². The molecule has 0 fully saturated rings. The van der Waals surface area contributed by atoms with Crippen molar-refractivity contribution < 1.29 is 9.21 Å². The normalized spacial score (nSPS) is 10.0. The van der Waals surface area contributed by atoms with Gasteiger partial charge in [-0.05, 0) is 6.07 Å². The zero-order valence-electron chi connectivity index (χ0n) is 6.06. The fraction of sp³-hybridized carbons (Fsp3) is 0. The van der Waals surface area contributed by atoms with Crippen LogP contribution in [0.15, 0.2) is 28.5 Å². The van der Waals surface area contributed by atoms with Gasteiger partial charge in [0.25, 0.3) is 0 Å². The summed E-state index contributed by atoms with van der Waals surface area (Å²) in [7, 11) is 0. The van der Waals surface area contributed by atoms with Crippen molar-refractivity contribution >= 4 is 17.6 Å². The van der Waals surface area contributed by atoms with Gasteiger partial charge in [-0.2, -0.15) is 0 Å². The first-order chi connectivity index (χ1) is 5.90. The highest BCUT2D eigenvalue weighted by Crippen LogP contribution is 2.24. The van der Waals surface area contributed by atoms with Crippen LogP contribution < -0.4 is 0 Å². The van der Waals surface area contributed by atoms with Crippen LogP contribution in [0.3, 0.4) is 0 Å². The maximum Gasteiger partial charge on any atom is 0.181 e. The van der Waals surface area contributed by atoms with E-state index in [9.17, 15) is 4.79 Å². The summed E-state index contributed by atoms with van der Waals surface area (Å²) in [6, 6.07) is 1.79. The van der Waals surface area contributed by atoms with Crippen LogP contribution in [0.2, 0.25) is 0 Å². The Balaban J connectivity index is 2.41. The van der Waals surface area contributed by atoms with Gasteiger partial charge in [0.2, 0.25) is 0 Å². The number of aromatic nitrogens is 1. The molecule has 2 aromatic heterocycles. The van der Waals surface area contributed by atoms with Crippen molar-refractivity contribution in [2.24, 2.45) is 0 Å². The zero-order valence-corrected chi connectivity index (χ0v) is 6.88. The van der Waals surface area contributed by atoms with Crippen LogP contribution in [0.25, 0.3) is 10.6 Å². The van der Waals surface area contributed by atoms with E-state index in [0.29, 0.717) is 5.56 Å². The molecule has 2 heterocycles. The highest BCUT2D eigenvalue weighted by Gasteiger charge is 2.03. The van der Waals surface area contributed by atoms with E-state index in [1.165, 1.54) is 17.7 Å². The van der Waals surface area contributed by atoms with Gasteiger partial charge >= 0.3 is 0 Å². The average Bonchev–Trinajstić information content (AvgIpc) is 2.75. The van der Waals surface area contributed by atoms with E-state index < -0.39 is 0 Å². The second-order valence-corrected chi connectivity index (χ2v) is 3.15. The predicted octanol–water partition coefficient (Wildman–Crippen LogP) is 2.22. The topological polar surface area (TPSA) is 43.1 Å². The average molecular weight is 179 g/mol. The second kappa shape index (κ2) is 2.91. The summed E-state index contributed by atoms with van der Waals surface area (Å²) in [5, 5.41) is 1.79. The predicted molar refractivity (Wildman–Crippen MR) is 45.2 cm³/mol. The van der Waals surface area contributed by atoms with Crippen LogP contribution in [0.1, 0.15) is 10.4 Å². The lowest BCUT2D eigenvalue weighted by Crippen LogP contribution is -1.70. The Labute approximate surface area is 72.7 Å². The van der Waals surface area contributed by atoms with Crippen LogP contribution in [-0.4, -0.2) is 11.3 Å². The minimum Gasteiger partial charge on any atom is -0.451 e. The van der Waals surface area contributed by atoms with Gasteiger partial charge in [-0.1, -0.05) is 0 Å². The molecule has 4 heteroatoms. The highest BCUT2D eigenvalue weighted by atomic mass is 32.1. The Bertz CT molecular complexity index is 377. The number of rotatable bonds is 2. The lowest BCUT2D eigenvalue weighted by molar-refractivity contribution is 0.112. The lowest BCUT2D eigenvalue weighted by atomic mass is 10.3. The number of hydrogen-bond donors (Lipinski definition) is 0. The largest absolute Gasteiger partial charge is 0.451 e. The molecule has 0 unspecified atom stereocenters. The fourth-order valence-electron chi connectivity index (χ4n) is 0.881. The number of carbonyl (C=O) groups excluding carboxylic acids is 1. The fourth-order valence-corrected chi connectivity index (χ4v) is 1.69. The Kier molecular flexibility index (Phi) is 1.75. The van der Waals surface area contributed by atoms with E-state index in [1.807, 2.05) is 0 Å². The zero-order chi connectivity index (χ0) is 8.39. The molecule has 0 radical (unpaired) electrons. The summed E-state index contributed by atoms with van der Waals surface area (Å²) >= 11 is 1.48. The molecule has 0 spiro atoms. The summed E-state index contributed by atoms with van der Waals surface area (Å²) < 4.78 is 4.82. The quantitative estimate of drug-likeness (QED) is 0.664. The van der Waals surface area contributed by atoms with Crippen LogP contribution >= 0.6 is 11.3 Å². The van der Waals surface area contributed by atoms with E-state index >= 15 is 0 Å². The van der Waals surface area contributed by atoms with Gasteiger partial charge in [0.15, 0.2) is 12.7 Å². The molecule has 3 nitrogen and oxygen atoms in total. The summed E-state index contributed by atoms with van der Waals surface area (Å²) in [5.74, 6) is 0. The first-order valence-electron chi connectivity index (χ1n) is 3.32. The van der Waals surface area contributed by atoms with Crippen LogP contribution in [0, 0.1) is 0 Å². The number of carbonyl (C=O) groups is 1. The molecule has 0 atom stereocenters. The van der Waals surface area contributed by atoms with Crippen molar-refractivity contribution in [1.29, 1.82) is 0 Å². The summed E-state index contributed by atoms with van der Waals surface area (Å²) in [4.78, 5) is 15.3. The van der Waals surface area contributed by atoms with Gasteiger partial charge in [-0.15, -0.1) is 11.3 Å². The maximum atomic E-state index is 10.4. The maximum absolute atomic E-state index is 10.4. The molecule has 0 saturated carbocycles. The second-order valence-electron chi connectivity index (χ2n) is 2.24. The van der Waals surface area contributed by atoms with Gasteiger partial charge in [0, 0.05) is 10.9 Å². The minimum atomic E-state index is 0.679. The van der Waals surface area contributed by atoms with E-state index in [4.69, 9.17) is 4.42 Å². The molecule has 0 saturated heterocycles.